The van der Waals surface area contributed by atoms with Gasteiger partial charge in [0, 0.05) is 23.7 Å². The van der Waals surface area contributed by atoms with E-state index in [1.54, 1.807) is 11.3 Å². The predicted octanol–water partition coefficient (Wildman–Crippen LogP) is 1.75. The van der Waals surface area contributed by atoms with Gasteiger partial charge in [-0.2, -0.15) is 0 Å². The number of hydrogen-bond acceptors (Lipinski definition) is 4. The Bertz CT molecular complexity index is 223. The van der Waals surface area contributed by atoms with Crippen molar-refractivity contribution in [2.24, 2.45) is 5.73 Å². The summed E-state index contributed by atoms with van der Waals surface area (Å²) in [6, 6.07) is 0.356. The van der Waals surface area contributed by atoms with Gasteiger partial charge in [-0.25, -0.2) is 0 Å². The van der Waals surface area contributed by atoms with Crippen LogP contribution in [0.5, 0.6) is 0 Å². The highest BCUT2D eigenvalue weighted by Crippen LogP contribution is 2.04. The second kappa shape index (κ2) is 6.92. The summed E-state index contributed by atoms with van der Waals surface area (Å²) >= 11 is 1.69. The molecule has 0 fully saturated rings. The van der Waals surface area contributed by atoms with Gasteiger partial charge in [-0.1, -0.05) is 13.3 Å². The molecule has 0 aliphatic rings. The van der Waals surface area contributed by atoms with Gasteiger partial charge in [0.25, 0.3) is 0 Å². The first kappa shape index (κ1) is 11.6. The summed E-state index contributed by atoms with van der Waals surface area (Å²) in [4.78, 5) is 5.31. The van der Waals surface area contributed by atoms with Gasteiger partial charge in [-0.05, 0) is 19.4 Å². The minimum atomic E-state index is 0.356. The molecule has 0 saturated carbocycles. The van der Waals surface area contributed by atoms with Crippen molar-refractivity contribution < 1.29 is 0 Å². The van der Waals surface area contributed by atoms with Crippen LogP contribution in [0.1, 0.15) is 31.1 Å². The van der Waals surface area contributed by atoms with E-state index in [0.717, 1.165) is 25.9 Å². The van der Waals surface area contributed by atoms with Crippen molar-refractivity contribution in [1.29, 1.82) is 0 Å². The van der Waals surface area contributed by atoms with Gasteiger partial charge in [0.05, 0.1) is 5.51 Å². The maximum atomic E-state index is 5.89. The zero-order chi connectivity index (χ0) is 10.2. The molecule has 0 radical (unpaired) electrons. The third kappa shape index (κ3) is 4.69. The summed E-state index contributed by atoms with van der Waals surface area (Å²) in [5.74, 6) is 0. The van der Waals surface area contributed by atoms with Crippen molar-refractivity contribution in [3.05, 3.63) is 16.6 Å². The summed E-state index contributed by atoms with van der Waals surface area (Å²) in [5.41, 5.74) is 7.75. The maximum absolute atomic E-state index is 5.89. The Kier molecular flexibility index (Phi) is 5.75. The van der Waals surface area contributed by atoms with E-state index in [1.807, 2.05) is 11.7 Å². The lowest BCUT2D eigenvalue weighted by atomic mass is 10.1. The average Bonchev–Trinajstić information content (AvgIpc) is 2.65. The molecule has 1 unspecified atom stereocenters. The van der Waals surface area contributed by atoms with Crippen LogP contribution in [-0.4, -0.2) is 17.6 Å². The molecule has 3 nitrogen and oxygen atoms in total. The molecule has 0 bridgehead atoms. The van der Waals surface area contributed by atoms with Crippen molar-refractivity contribution in [2.75, 3.05) is 6.54 Å². The molecule has 1 heterocycles. The zero-order valence-electron chi connectivity index (χ0n) is 8.70. The molecule has 0 spiro atoms. The Balaban J connectivity index is 1.99. The van der Waals surface area contributed by atoms with Gasteiger partial charge in [0.1, 0.15) is 0 Å². The van der Waals surface area contributed by atoms with Crippen LogP contribution in [0.4, 0.5) is 0 Å². The van der Waals surface area contributed by atoms with Gasteiger partial charge in [0.2, 0.25) is 0 Å². The highest BCUT2D eigenvalue weighted by Gasteiger charge is 2.00. The molecule has 0 aromatic carbocycles. The van der Waals surface area contributed by atoms with E-state index in [1.165, 1.54) is 11.3 Å². The number of aromatic nitrogens is 1. The average molecular weight is 213 g/mol. The SMILES string of the molecule is CCCC(N)CCNCc1cncs1. The van der Waals surface area contributed by atoms with Gasteiger partial charge >= 0.3 is 0 Å². The van der Waals surface area contributed by atoms with Gasteiger partial charge in [-0.15, -0.1) is 11.3 Å². The number of hydrogen-bond donors (Lipinski definition) is 2. The molecule has 1 atom stereocenters. The monoisotopic (exact) mass is 213 g/mol. The van der Waals surface area contributed by atoms with Crippen LogP contribution in [0.25, 0.3) is 0 Å². The van der Waals surface area contributed by atoms with Crippen molar-refractivity contribution in [3.63, 3.8) is 0 Å². The van der Waals surface area contributed by atoms with Crippen LogP contribution < -0.4 is 11.1 Å². The van der Waals surface area contributed by atoms with Crippen LogP contribution in [0.2, 0.25) is 0 Å². The van der Waals surface area contributed by atoms with E-state index in [9.17, 15) is 0 Å². The van der Waals surface area contributed by atoms with E-state index in [0.29, 0.717) is 6.04 Å². The van der Waals surface area contributed by atoms with Crippen molar-refractivity contribution >= 4 is 11.3 Å². The topological polar surface area (TPSA) is 50.9 Å². The Morgan fingerprint density at radius 2 is 2.43 bits per heavy atom. The number of nitrogens with two attached hydrogens (primary N) is 1. The molecule has 1 rings (SSSR count). The second-order valence-electron chi connectivity index (χ2n) is 3.48. The highest BCUT2D eigenvalue weighted by atomic mass is 32.1. The predicted molar refractivity (Wildman–Crippen MR) is 61.3 cm³/mol. The molecular formula is C10H19N3S. The molecule has 0 amide bonds. The van der Waals surface area contributed by atoms with Gasteiger partial charge < -0.3 is 11.1 Å². The first-order chi connectivity index (χ1) is 6.83. The first-order valence-electron chi connectivity index (χ1n) is 5.16. The Morgan fingerprint density at radius 3 is 3.07 bits per heavy atom. The van der Waals surface area contributed by atoms with Crippen LogP contribution in [0.15, 0.2) is 11.7 Å². The quantitative estimate of drug-likeness (QED) is 0.678. The Hall–Kier alpha value is -0.450. The largest absolute Gasteiger partial charge is 0.328 e. The molecule has 14 heavy (non-hydrogen) atoms. The van der Waals surface area contributed by atoms with Crippen LogP contribution in [-0.2, 0) is 6.54 Å². The van der Waals surface area contributed by atoms with E-state index < -0.39 is 0 Å². The van der Waals surface area contributed by atoms with E-state index >= 15 is 0 Å². The number of rotatable bonds is 7. The first-order valence-corrected chi connectivity index (χ1v) is 6.04. The minimum absolute atomic E-state index is 0.356. The fourth-order valence-corrected chi connectivity index (χ4v) is 1.91. The molecule has 3 N–H and O–H groups in total. The highest BCUT2D eigenvalue weighted by molar-refractivity contribution is 7.09. The van der Waals surface area contributed by atoms with Gasteiger partial charge in [-0.3, -0.25) is 4.98 Å². The third-order valence-electron chi connectivity index (χ3n) is 2.13. The third-order valence-corrected chi connectivity index (χ3v) is 2.91. The summed E-state index contributed by atoms with van der Waals surface area (Å²) in [7, 11) is 0. The lowest BCUT2D eigenvalue weighted by Crippen LogP contribution is -2.26. The zero-order valence-corrected chi connectivity index (χ0v) is 9.52. The van der Waals surface area contributed by atoms with Crippen molar-refractivity contribution in [3.8, 4) is 0 Å². The van der Waals surface area contributed by atoms with E-state index in [-0.39, 0.29) is 0 Å². The summed E-state index contributed by atoms with van der Waals surface area (Å²) in [6.07, 6.45) is 5.27. The number of thiazole rings is 1. The maximum Gasteiger partial charge on any atom is 0.0794 e. The van der Waals surface area contributed by atoms with E-state index in [4.69, 9.17) is 5.73 Å². The van der Waals surface area contributed by atoms with Crippen LogP contribution >= 0.6 is 11.3 Å². The molecule has 4 heteroatoms. The molecular weight excluding hydrogens is 194 g/mol. The lowest BCUT2D eigenvalue weighted by molar-refractivity contribution is 0.528. The fourth-order valence-electron chi connectivity index (χ4n) is 1.34. The Labute approximate surface area is 89.7 Å². The normalized spacial score (nSPS) is 13.0. The van der Waals surface area contributed by atoms with E-state index in [2.05, 4.69) is 17.2 Å². The van der Waals surface area contributed by atoms with Crippen LogP contribution in [0.3, 0.4) is 0 Å². The molecule has 0 aliphatic carbocycles. The standard InChI is InChI=1S/C10H19N3S/c1-2-3-9(11)4-5-12-6-10-7-13-8-14-10/h7-9,12H,2-6,11H2,1H3. The minimum Gasteiger partial charge on any atom is -0.328 e. The summed E-state index contributed by atoms with van der Waals surface area (Å²) in [6.45, 7) is 4.09. The molecule has 0 saturated heterocycles. The van der Waals surface area contributed by atoms with Crippen LogP contribution in [0, 0.1) is 0 Å². The molecule has 0 aliphatic heterocycles. The second-order valence-corrected chi connectivity index (χ2v) is 4.45. The molecule has 80 valence electrons. The fraction of sp³-hybridized carbons (Fsp3) is 0.700. The van der Waals surface area contributed by atoms with Crippen molar-refractivity contribution in [1.82, 2.24) is 10.3 Å². The Morgan fingerprint density at radius 1 is 1.57 bits per heavy atom. The smallest absolute Gasteiger partial charge is 0.0794 e. The molecule has 1 aromatic heterocycles. The molecule has 1 aromatic rings. The summed E-state index contributed by atoms with van der Waals surface area (Å²) < 4.78 is 0. The van der Waals surface area contributed by atoms with Crippen molar-refractivity contribution in [2.45, 2.75) is 38.8 Å². The number of nitrogens with one attached hydrogen (secondary N) is 1. The summed E-state index contributed by atoms with van der Waals surface area (Å²) in [5, 5.41) is 3.37. The van der Waals surface area contributed by atoms with Gasteiger partial charge in [0.15, 0.2) is 0 Å². The lowest BCUT2D eigenvalue weighted by Gasteiger charge is -2.09. The number of nitrogens with zero attached hydrogens (tertiary/aromatic N) is 1.